The standard InChI is InChI=1S/C9H10N4O/c1-14-8-5-3-2-4-7(8)9-12-11-6-13(9)10/h2-6H,10H2,1H3. The summed E-state index contributed by atoms with van der Waals surface area (Å²) in [6.07, 6.45) is 1.45. The molecule has 0 aliphatic carbocycles. The lowest BCUT2D eigenvalue weighted by atomic mass is 10.2. The highest BCUT2D eigenvalue weighted by Crippen LogP contribution is 2.26. The van der Waals surface area contributed by atoms with Gasteiger partial charge in [0, 0.05) is 0 Å². The van der Waals surface area contributed by atoms with Gasteiger partial charge >= 0.3 is 0 Å². The number of hydrogen-bond donors (Lipinski definition) is 1. The molecule has 5 heteroatoms. The Morgan fingerprint density at radius 1 is 1.36 bits per heavy atom. The van der Waals surface area contributed by atoms with Crippen LogP contribution < -0.4 is 10.6 Å². The number of methoxy groups -OCH3 is 1. The van der Waals surface area contributed by atoms with E-state index in [9.17, 15) is 0 Å². The van der Waals surface area contributed by atoms with E-state index >= 15 is 0 Å². The van der Waals surface area contributed by atoms with Crippen LogP contribution in [0.1, 0.15) is 0 Å². The number of nitrogens with zero attached hydrogens (tertiary/aromatic N) is 3. The molecule has 0 fully saturated rings. The first-order valence-electron chi connectivity index (χ1n) is 4.11. The third kappa shape index (κ3) is 1.28. The predicted octanol–water partition coefficient (Wildman–Crippen LogP) is 0.667. The summed E-state index contributed by atoms with van der Waals surface area (Å²) in [5.41, 5.74) is 0.829. The van der Waals surface area contributed by atoms with E-state index in [-0.39, 0.29) is 0 Å². The highest BCUT2D eigenvalue weighted by Gasteiger charge is 2.09. The third-order valence-corrected chi connectivity index (χ3v) is 1.92. The zero-order valence-electron chi connectivity index (χ0n) is 7.71. The second kappa shape index (κ2) is 3.37. The fourth-order valence-corrected chi connectivity index (χ4v) is 1.26. The molecule has 0 aliphatic rings. The minimum Gasteiger partial charge on any atom is -0.496 e. The Hall–Kier alpha value is -2.04. The van der Waals surface area contributed by atoms with Gasteiger partial charge in [-0.05, 0) is 12.1 Å². The lowest BCUT2D eigenvalue weighted by Gasteiger charge is -2.06. The molecular formula is C9H10N4O. The maximum atomic E-state index is 5.63. The molecule has 0 amide bonds. The number of benzene rings is 1. The summed E-state index contributed by atoms with van der Waals surface area (Å²) in [6, 6.07) is 7.52. The molecule has 1 heterocycles. The van der Waals surface area contributed by atoms with Crippen molar-refractivity contribution in [2.75, 3.05) is 13.0 Å². The van der Waals surface area contributed by atoms with Crippen LogP contribution in [0.25, 0.3) is 11.4 Å². The fraction of sp³-hybridized carbons (Fsp3) is 0.111. The number of ether oxygens (including phenoxy) is 1. The van der Waals surface area contributed by atoms with Gasteiger partial charge in [-0.25, -0.2) is 4.68 Å². The molecule has 0 bridgehead atoms. The average Bonchev–Trinajstić information content (AvgIpc) is 2.64. The summed E-state index contributed by atoms with van der Waals surface area (Å²) in [7, 11) is 1.61. The number of rotatable bonds is 2. The van der Waals surface area contributed by atoms with Crippen LogP contribution in [0.3, 0.4) is 0 Å². The zero-order valence-corrected chi connectivity index (χ0v) is 7.71. The van der Waals surface area contributed by atoms with Crippen LogP contribution in [-0.2, 0) is 0 Å². The molecule has 14 heavy (non-hydrogen) atoms. The predicted molar refractivity (Wildman–Crippen MR) is 52.2 cm³/mol. The molecule has 1 aromatic heterocycles. The third-order valence-electron chi connectivity index (χ3n) is 1.92. The number of nitrogen functional groups attached to an aromatic ring is 1. The van der Waals surface area contributed by atoms with Crippen molar-refractivity contribution in [2.24, 2.45) is 0 Å². The van der Waals surface area contributed by atoms with Crippen molar-refractivity contribution < 1.29 is 4.74 Å². The normalized spacial score (nSPS) is 10.1. The molecule has 2 N–H and O–H groups in total. The maximum Gasteiger partial charge on any atom is 0.185 e. The van der Waals surface area contributed by atoms with Crippen LogP contribution in [-0.4, -0.2) is 22.0 Å². The number of nitrogens with two attached hydrogens (primary N) is 1. The van der Waals surface area contributed by atoms with Gasteiger partial charge in [0.2, 0.25) is 0 Å². The smallest absolute Gasteiger partial charge is 0.185 e. The molecule has 2 rings (SSSR count). The SMILES string of the molecule is COc1ccccc1-c1nncn1N. The van der Waals surface area contributed by atoms with Crippen LogP contribution in [0.5, 0.6) is 5.75 Å². The zero-order chi connectivity index (χ0) is 9.97. The van der Waals surface area contributed by atoms with Crippen molar-refractivity contribution in [3.05, 3.63) is 30.6 Å². The second-order valence-electron chi connectivity index (χ2n) is 2.76. The molecule has 72 valence electrons. The minimum atomic E-state index is 0.586. The molecule has 1 aromatic carbocycles. The van der Waals surface area contributed by atoms with E-state index in [2.05, 4.69) is 10.2 Å². The van der Waals surface area contributed by atoms with E-state index < -0.39 is 0 Å². The van der Waals surface area contributed by atoms with Gasteiger partial charge in [0.05, 0.1) is 12.7 Å². The highest BCUT2D eigenvalue weighted by atomic mass is 16.5. The van der Waals surface area contributed by atoms with Crippen molar-refractivity contribution in [1.29, 1.82) is 0 Å². The summed E-state index contributed by atoms with van der Waals surface area (Å²) in [6.45, 7) is 0. The number of aromatic nitrogens is 3. The van der Waals surface area contributed by atoms with Crippen molar-refractivity contribution in [1.82, 2.24) is 14.9 Å². The van der Waals surface area contributed by atoms with Crippen LogP contribution in [0.2, 0.25) is 0 Å². The van der Waals surface area contributed by atoms with Gasteiger partial charge in [-0.3, -0.25) is 0 Å². The van der Waals surface area contributed by atoms with Gasteiger partial charge in [-0.2, -0.15) is 0 Å². The Morgan fingerprint density at radius 3 is 2.79 bits per heavy atom. The van der Waals surface area contributed by atoms with Crippen molar-refractivity contribution in [3.63, 3.8) is 0 Å². The maximum absolute atomic E-state index is 5.63. The van der Waals surface area contributed by atoms with Crippen LogP contribution in [0, 0.1) is 0 Å². The van der Waals surface area contributed by atoms with Gasteiger partial charge < -0.3 is 10.6 Å². The summed E-state index contributed by atoms with van der Waals surface area (Å²) in [5.74, 6) is 6.95. The van der Waals surface area contributed by atoms with E-state index in [1.54, 1.807) is 7.11 Å². The molecule has 5 nitrogen and oxygen atoms in total. The molecule has 0 unspecified atom stereocenters. The lowest BCUT2D eigenvalue weighted by molar-refractivity contribution is 0.416. The van der Waals surface area contributed by atoms with E-state index in [0.29, 0.717) is 5.82 Å². The number of hydrogen-bond acceptors (Lipinski definition) is 4. The van der Waals surface area contributed by atoms with Crippen LogP contribution in [0.15, 0.2) is 30.6 Å². The van der Waals surface area contributed by atoms with Gasteiger partial charge in [0.25, 0.3) is 0 Å². The van der Waals surface area contributed by atoms with E-state index in [0.717, 1.165) is 11.3 Å². The Kier molecular flexibility index (Phi) is 2.06. The van der Waals surface area contributed by atoms with Crippen molar-refractivity contribution in [3.8, 4) is 17.1 Å². The van der Waals surface area contributed by atoms with Gasteiger partial charge in [-0.1, -0.05) is 12.1 Å². The Morgan fingerprint density at radius 2 is 2.14 bits per heavy atom. The van der Waals surface area contributed by atoms with Gasteiger partial charge in [0.15, 0.2) is 5.82 Å². The summed E-state index contributed by atoms with van der Waals surface area (Å²) in [5, 5.41) is 7.61. The summed E-state index contributed by atoms with van der Waals surface area (Å²) < 4.78 is 6.55. The first-order chi connectivity index (χ1) is 6.83. The molecule has 2 aromatic rings. The molecule has 0 spiro atoms. The van der Waals surface area contributed by atoms with Crippen LogP contribution in [0.4, 0.5) is 0 Å². The van der Waals surface area contributed by atoms with Gasteiger partial charge in [-0.15, -0.1) is 10.2 Å². The second-order valence-corrected chi connectivity index (χ2v) is 2.76. The Labute approximate surface area is 81.1 Å². The monoisotopic (exact) mass is 190 g/mol. The summed E-state index contributed by atoms with van der Waals surface area (Å²) in [4.78, 5) is 0. The first-order valence-corrected chi connectivity index (χ1v) is 4.11. The molecule has 0 atom stereocenters. The largest absolute Gasteiger partial charge is 0.496 e. The molecule has 0 saturated carbocycles. The molecule has 0 radical (unpaired) electrons. The van der Waals surface area contributed by atoms with Gasteiger partial charge in [0.1, 0.15) is 12.1 Å². The molecular weight excluding hydrogens is 180 g/mol. The quantitative estimate of drug-likeness (QED) is 0.707. The first kappa shape index (κ1) is 8.55. The topological polar surface area (TPSA) is 66.0 Å². The van der Waals surface area contributed by atoms with Crippen molar-refractivity contribution >= 4 is 0 Å². The Balaban J connectivity index is 2.56. The summed E-state index contributed by atoms with van der Waals surface area (Å²) >= 11 is 0. The minimum absolute atomic E-state index is 0.586. The Bertz CT molecular complexity index is 438. The average molecular weight is 190 g/mol. The number of para-hydroxylation sites is 1. The van der Waals surface area contributed by atoms with E-state index in [4.69, 9.17) is 10.6 Å². The van der Waals surface area contributed by atoms with E-state index in [1.807, 2.05) is 24.3 Å². The molecule has 0 aliphatic heterocycles. The highest BCUT2D eigenvalue weighted by molar-refractivity contribution is 5.63. The lowest BCUT2D eigenvalue weighted by Crippen LogP contribution is -2.08. The van der Waals surface area contributed by atoms with Crippen molar-refractivity contribution in [2.45, 2.75) is 0 Å². The van der Waals surface area contributed by atoms with E-state index in [1.165, 1.54) is 11.0 Å². The van der Waals surface area contributed by atoms with Crippen LogP contribution >= 0.6 is 0 Å². The molecule has 0 saturated heterocycles. The fourth-order valence-electron chi connectivity index (χ4n) is 1.26.